The number of hydrogen-bond donors (Lipinski definition) is 1. The number of aryl methyl sites for hydroxylation is 1. The number of furan rings is 1. The first-order chi connectivity index (χ1) is 7.00. The summed E-state index contributed by atoms with van der Waals surface area (Å²) in [4.78, 5) is 0. The summed E-state index contributed by atoms with van der Waals surface area (Å²) in [7, 11) is 0. The van der Waals surface area contributed by atoms with Gasteiger partial charge in [0.25, 0.3) is 0 Å². The van der Waals surface area contributed by atoms with Gasteiger partial charge < -0.3 is 10.2 Å². The van der Waals surface area contributed by atoms with Gasteiger partial charge in [0, 0.05) is 17.9 Å². The monoisotopic (exact) mass is 227 g/mol. The third kappa shape index (κ3) is 2.56. The van der Waals surface area contributed by atoms with Gasteiger partial charge >= 0.3 is 0 Å². The van der Waals surface area contributed by atoms with E-state index in [2.05, 4.69) is 13.8 Å². The fourth-order valence-corrected chi connectivity index (χ4v) is 2.11. The molecule has 0 aromatic carbocycles. The van der Waals surface area contributed by atoms with Crippen LogP contribution >= 0.6 is 11.6 Å². The van der Waals surface area contributed by atoms with E-state index in [1.807, 2.05) is 6.07 Å². The molecule has 2 N–H and O–H groups in total. The van der Waals surface area contributed by atoms with Gasteiger partial charge in [-0.2, -0.15) is 0 Å². The lowest BCUT2D eigenvalue weighted by Gasteiger charge is -2.05. The minimum absolute atomic E-state index is 0.0945. The van der Waals surface area contributed by atoms with E-state index in [1.54, 1.807) is 0 Å². The van der Waals surface area contributed by atoms with Gasteiger partial charge in [-0.1, -0.05) is 25.4 Å². The molecule has 1 aromatic heterocycles. The second-order valence-electron chi connectivity index (χ2n) is 4.94. The third-order valence-electron chi connectivity index (χ3n) is 3.05. The van der Waals surface area contributed by atoms with Gasteiger partial charge in [-0.05, 0) is 25.3 Å². The van der Waals surface area contributed by atoms with Crippen molar-refractivity contribution in [1.82, 2.24) is 0 Å². The predicted octanol–water partition coefficient (Wildman–Crippen LogP) is 3.48. The number of hydrogen-bond acceptors (Lipinski definition) is 2. The zero-order valence-corrected chi connectivity index (χ0v) is 10.1. The van der Waals surface area contributed by atoms with Crippen molar-refractivity contribution in [1.29, 1.82) is 0 Å². The molecule has 1 heterocycles. The Kier molecular flexibility index (Phi) is 2.82. The van der Waals surface area contributed by atoms with Crippen molar-refractivity contribution in [3.05, 3.63) is 22.6 Å². The smallest absolute Gasteiger partial charge is 0.125 e. The fourth-order valence-electron chi connectivity index (χ4n) is 1.73. The summed E-state index contributed by atoms with van der Waals surface area (Å²) < 4.78 is 5.71. The van der Waals surface area contributed by atoms with Crippen LogP contribution in [0.5, 0.6) is 0 Å². The lowest BCUT2D eigenvalue weighted by Crippen LogP contribution is -2.21. The minimum Gasteiger partial charge on any atom is -0.464 e. The third-order valence-corrected chi connectivity index (χ3v) is 3.35. The normalized spacial score (nSPS) is 18.5. The number of nitrogens with two attached hydrogens (primary N) is 1. The van der Waals surface area contributed by atoms with Crippen molar-refractivity contribution < 1.29 is 4.42 Å². The SMILES string of the molecule is CC(C)c1oc(CCC2(N)CC2)cc1Cl. The second kappa shape index (κ2) is 3.84. The summed E-state index contributed by atoms with van der Waals surface area (Å²) in [6.45, 7) is 4.17. The van der Waals surface area contributed by atoms with Crippen molar-refractivity contribution >= 4 is 11.6 Å². The maximum Gasteiger partial charge on any atom is 0.125 e. The van der Waals surface area contributed by atoms with Crippen molar-refractivity contribution in [3.8, 4) is 0 Å². The molecule has 0 bridgehead atoms. The van der Waals surface area contributed by atoms with Crippen LogP contribution < -0.4 is 5.73 Å². The van der Waals surface area contributed by atoms with Crippen molar-refractivity contribution in [2.24, 2.45) is 5.73 Å². The highest BCUT2D eigenvalue weighted by Gasteiger charge is 2.37. The van der Waals surface area contributed by atoms with Gasteiger partial charge in [0.2, 0.25) is 0 Å². The van der Waals surface area contributed by atoms with Crippen molar-refractivity contribution in [2.75, 3.05) is 0 Å². The highest BCUT2D eigenvalue weighted by atomic mass is 35.5. The zero-order chi connectivity index (χ0) is 11.1. The maximum absolute atomic E-state index is 6.08. The van der Waals surface area contributed by atoms with E-state index in [9.17, 15) is 0 Å². The van der Waals surface area contributed by atoms with Gasteiger partial charge in [-0.3, -0.25) is 0 Å². The number of halogens is 1. The second-order valence-corrected chi connectivity index (χ2v) is 5.35. The van der Waals surface area contributed by atoms with Crippen LogP contribution in [0.4, 0.5) is 0 Å². The molecular weight excluding hydrogens is 210 g/mol. The molecule has 1 aliphatic rings. The molecule has 0 aliphatic heterocycles. The van der Waals surface area contributed by atoms with E-state index in [-0.39, 0.29) is 5.54 Å². The molecule has 15 heavy (non-hydrogen) atoms. The Morgan fingerprint density at radius 2 is 2.20 bits per heavy atom. The summed E-state index contributed by atoms with van der Waals surface area (Å²) in [5.41, 5.74) is 6.12. The standard InChI is InChI=1S/C12H18ClNO/c1-8(2)11-10(13)7-9(15-11)3-4-12(14)5-6-12/h7-8H,3-6,14H2,1-2H3. The molecule has 0 radical (unpaired) electrons. The molecule has 0 atom stereocenters. The molecule has 0 unspecified atom stereocenters. The molecule has 1 aliphatic carbocycles. The van der Waals surface area contributed by atoms with E-state index in [0.29, 0.717) is 5.92 Å². The first kappa shape index (κ1) is 11.0. The van der Waals surface area contributed by atoms with Crippen LogP contribution in [0.2, 0.25) is 5.02 Å². The summed E-state index contributed by atoms with van der Waals surface area (Å²) in [6, 6.07) is 1.93. The Morgan fingerprint density at radius 3 is 2.67 bits per heavy atom. The molecule has 1 fully saturated rings. The Labute approximate surface area is 95.8 Å². The van der Waals surface area contributed by atoms with E-state index in [0.717, 1.165) is 42.2 Å². The Morgan fingerprint density at radius 1 is 1.53 bits per heavy atom. The molecule has 0 saturated heterocycles. The molecule has 84 valence electrons. The van der Waals surface area contributed by atoms with E-state index >= 15 is 0 Å². The van der Waals surface area contributed by atoms with Gasteiger partial charge in [-0.25, -0.2) is 0 Å². The van der Waals surface area contributed by atoms with E-state index in [1.165, 1.54) is 0 Å². The lowest BCUT2D eigenvalue weighted by atomic mass is 10.1. The van der Waals surface area contributed by atoms with Crippen molar-refractivity contribution in [3.63, 3.8) is 0 Å². The summed E-state index contributed by atoms with van der Waals surface area (Å²) in [6.07, 6.45) is 4.22. The Bertz CT molecular complexity index is 353. The molecule has 1 saturated carbocycles. The minimum atomic E-state index is 0.0945. The van der Waals surface area contributed by atoms with Gasteiger partial charge in [0.05, 0.1) is 5.02 Å². The molecule has 0 amide bonds. The van der Waals surface area contributed by atoms with Crippen LogP contribution in [0.1, 0.15) is 50.5 Å². The maximum atomic E-state index is 6.08. The van der Waals surface area contributed by atoms with E-state index < -0.39 is 0 Å². The summed E-state index contributed by atoms with van der Waals surface area (Å²) >= 11 is 6.08. The van der Waals surface area contributed by atoms with Crippen LogP contribution in [0, 0.1) is 0 Å². The molecular formula is C12H18ClNO. The fraction of sp³-hybridized carbons (Fsp3) is 0.667. The average Bonchev–Trinajstić information content (AvgIpc) is 2.75. The lowest BCUT2D eigenvalue weighted by molar-refractivity contribution is 0.433. The van der Waals surface area contributed by atoms with Crippen molar-refractivity contribution in [2.45, 2.75) is 51.0 Å². The van der Waals surface area contributed by atoms with E-state index in [4.69, 9.17) is 21.8 Å². The number of rotatable bonds is 4. The van der Waals surface area contributed by atoms with Crippen LogP contribution in [0.3, 0.4) is 0 Å². The zero-order valence-electron chi connectivity index (χ0n) is 9.35. The van der Waals surface area contributed by atoms with Crippen LogP contribution in [0.15, 0.2) is 10.5 Å². The first-order valence-electron chi connectivity index (χ1n) is 5.57. The summed E-state index contributed by atoms with van der Waals surface area (Å²) in [5.74, 6) is 2.22. The highest BCUT2D eigenvalue weighted by Crippen LogP contribution is 2.37. The van der Waals surface area contributed by atoms with Crippen LogP contribution in [-0.2, 0) is 6.42 Å². The quantitative estimate of drug-likeness (QED) is 0.856. The molecule has 2 rings (SSSR count). The van der Waals surface area contributed by atoms with Crippen LogP contribution in [-0.4, -0.2) is 5.54 Å². The van der Waals surface area contributed by atoms with Gasteiger partial charge in [-0.15, -0.1) is 0 Å². The molecule has 0 spiro atoms. The Balaban J connectivity index is 1.99. The predicted molar refractivity (Wildman–Crippen MR) is 62.3 cm³/mol. The average molecular weight is 228 g/mol. The highest BCUT2D eigenvalue weighted by molar-refractivity contribution is 6.31. The van der Waals surface area contributed by atoms with Gasteiger partial charge in [0.1, 0.15) is 11.5 Å². The van der Waals surface area contributed by atoms with Gasteiger partial charge in [0.15, 0.2) is 0 Å². The molecule has 1 aromatic rings. The topological polar surface area (TPSA) is 39.2 Å². The largest absolute Gasteiger partial charge is 0.464 e. The molecule has 2 nitrogen and oxygen atoms in total. The van der Waals surface area contributed by atoms with Crippen LogP contribution in [0.25, 0.3) is 0 Å². The summed E-state index contributed by atoms with van der Waals surface area (Å²) in [5, 5.41) is 0.752. The molecule has 3 heteroatoms. The first-order valence-corrected chi connectivity index (χ1v) is 5.95. The Hall–Kier alpha value is -0.470.